The fourth-order valence-corrected chi connectivity index (χ4v) is 4.04. The Bertz CT molecular complexity index is 372. The molecule has 0 N–H and O–H groups in total. The van der Waals surface area contributed by atoms with Gasteiger partial charge in [-0.1, -0.05) is 25.9 Å². The third-order valence-corrected chi connectivity index (χ3v) is 5.93. The highest BCUT2D eigenvalue weighted by Crippen LogP contribution is 2.18. The smallest absolute Gasteiger partial charge is 0.200 e. The van der Waals surface area contributed by atoms with Gasteiger partial charge in [0.1, 0.15) is 0 Å². The quantitative estimate of drug-likeness (QED) is 0.337. The molecule has 1 aromatic carbocycles. The second-order valence-corrected chi connectivity index (χ2v) is 7.10. The van der Waals surface area contributed by atoms with Gasteiger partial charge in [-0.25, -0.2) is 22.0 Å². The van der Waals surface area contributed by atoms with Gasteiger partial charge >= 0.3 is 0 Å². The van der Waals surface area contributed by atoms with E-state index in [2.05, 4.69) is 0 Å². The average molecular weight is 254 g/mol. The SMILES string of the molecule is CC[SiH](CC)c1c(F)c(F)c(F)c(F)c1F. The lowest BCUT2D eigenvalue weighted by molar-refractivity contribution is 0.384. The van der Waals surface area contributed by atoms with Gasteiger partial charge in [0.25, 0.3) is 0 Å². The van der Waals surface area contributed by atoms with Crippen LogP contribution in [0.5, 0.6) is 0 Å². The van der Waals surface area contributed by atoms with Gasteiger partial charge in [0.2, 0.25) is 5.82 Å². The molecular weight excluding hydrogens is 243 g/mol. The lowest BCUT2D eigenvalue weighted by Gasteiger charge is -2.14. The first-order valence-corrected chi connectivity index (χ1v) is 7.17. The monoisotopic (exact) mass is 254 g/mol. The lowest BCUT2D eigenvalue weighted by atomic mass is 10.3. The second-order valence-electron chi connectivity index (χ2n) is 3.50. The number of benzene rings is 1. The zero-order valence-corrected chi connectivity index (χ0v) is 10.0. The minimum atomic E-state index is -2.10. The number of hydrogen-bond donors (Lipinski definition) is 0. The summed E-state index contributed by atoms with van der Waals surface area (Å²) < 4.78 is 65.2. The van der Waals surface area contributed by atoms with Crippen LogP contribution in [0.1, 0.15) is 13.8 Å². The largest absolute Gasteiger partial charge is 0.204 e. The maximum atomic E-state index is 13.3. The van der Waals surface area contributed by atoms with E-state index < -0.39 is 43.1 Å². The van der Waals surface area contributed by atoms with E-state index in [4.69, 9.17) is 0 Å². The van der Waals surface area contributed by atoms with E-state index in [-0.39, 0.29) is 0 Å². The summed E-state index contributed by atoms with van der Waals surface area (Å²) >= 11 is 0. The molecule has 0 atom stereocenters. The van der Waals surface area contributed by atoms with Crippen molar-refractivity contribution in [1.82, 2.24) is 0 Å². The lowest BCUT2D eigenvalue weighted by Crippen LogP contribution is -2.36. The minimum absolute atomic E-state index is 0.453. The standard InChI is InChI=1S/C10H11F5Si/c1-3-16(4-2)10-8(14)6(12)5(11)7(13)9(10)15/h16H,3-4H2,1-2H3. The van der Waals surface area contributed by atoms with Gasteiger partial charge in [0.15, 0.2) is 23.3 Å². The van der Waals surface area contributed by atoms with Crippen LogP contribution in [0.15, 0.2) is 0 Å². The van der Waals surface area contributed by atoms with Crippen LogP contribution >= 0.6 is 0 Å². The Balaban J connectivity index is 3.50. The van der Waals surface area contributed by atoms with Gasteiger partial charge < -0.3 is 0 Å². The summed E-state index contributed by atoms with van der Waals surface area (Å²) in [7, 11) is -2.10. The van der Waals surface area contributed by atoms with Crippen LogP contribution in [-0.4, -0.2) is 8.80 Å². The molecule has 0 fully saturated rings. The molecule has 0 aliphatic carbocycles. The van der Waals surface area contributed by atoms with E-state index in [9.17, 15) is 22.0 Å². The van der Waals surface area contributed by atoms with Gasteiger partial charge in [0, 0.05) is 5.19 Å². The van der Waals surface area contributed by atoms with Gasteiger partial charge in [-0.05, 0) is 0 Å². The predicted molar refractivity (Wildman–Crippen MR) is 54.0 cm³/mol. The molecule has 0 aliphatic rings. The Morgan fingerprint density at radius 3 is 1.31 bits per heavy atom. The van der Waals surface area contributed by atoms with Crippen molar-refractivity contribution >= 4 is 14.0 Å². The summed E-state index contributed by atoms with van der Waals surface area (Å²) in [4.78, 5) is 0. The molecule has 0 saturated carbocycles. The van der Waals surface area contributed by atoms with Crippen LogP contribution in [-0.2, 0) is 0 Å². The molecule has 0 amide bonds. The molecule has 6 heteroatoms. The Labute approximate surface area is 91.7 Å². The van der Waals surface area contributed by atoms with Crippen molar-refractivity contribution < 1.29 is 22.0 Å². The molecule has 0 bridgehead atoms. The molecule has 0 heterocycles. The predicted octanol–water partition coefficient (Wildman–Crippen LogP) is 2.86. The molecule has 16 heavy (non-hydrogen) atoms. The summed E-state index contributed by atoms with van der Waals surface area (Å²) in [5.41, 5.74) is 0. The van der Waals surface area contributed by atoms with Crippen LogP contribution in [0, 0.1) is 29.1 Å². The minimum Gasteiger partial charge on any atom is -0.204 e. The molecule has 0 spiro atoms. The van der Waals surface area contributed by atoms with Gasteiger partial charge in [-0.3, -0.25) is 0 Å². The molecule has 1 rings (SSSR count). The Morgan fingerprint density at radius 1 is 0.688 bits per heavy atom. The van der Waals surface area contributed by atoms with Crippen molar-refractivity contribution in [2.24, 2.45) is 0 Å². The summed E-state index contributed by atoms with van der Waals surface area (Å²) in [6.07, 6.45) is 0. The van der Waals surface area contributed by atoms with E-state index >= 15 is 0 Å². The Hall–Kier alpha value is -0.913. The van der Waals surface area contributed by atoms with E-state index in [0.717, 1.165) is 0 Å². The first-order valence-electron chi connectivity index (χ1n) is 4.96. The average Bonchev–Trinajstić information content (AvgIpc) is 2.29. The van der Waals surface area contributed by atoms with Crippen LogP contribution < -0.4 is 5.19 Å². The van der Waals surface area contributed by atoms with Crippen LogP contribution in [0.2, 0.25) is 12.1 Å². The van der Waals surface area contributed by atoms with Crippen molar-refractivity contribution in [3.63, 3.8) is 0 Å². The molecule has 0 radical (unpaired) electrons. The zero-order chi connectivity index (χ0) is 12.5. The zero-order valence-electron chi connectivity index (χ0n) is 8.88. The maximum Gasteiger partial charge on any atom is 0.200 e. The Morgan fingerprint density at radius 2 is 1.00 bits per heavy atom. The van der Waals surface area contributed by atoms with E-state index in [1.807, 2.05) is 0 Å². The van der Waals surface area contributed by atoms with Gasteiger partial charge in [-0.2, -0.15) is 0 Å². The maximum absolute atomic E-state index is 13.3. The van der Waals surface area contributed by atoms with E-state index in [0.29, 0.717) is 12.1 Å². The van der Waals surface area contributed by atoms with Crippen molar-refractivity contribution in [2.45, 2.75) is 25.9 Å². The molecule has 0 aliphatic heterocycles. The highest BCUT2D eigenvalue weighted by Gasteiger charge is 2.29. The normalized spacial score (nSPS) is 11.2. The first kappa shape index (κ1) is 13.2. The number of hydrogen-bond acceptors (Lipinski definition) is 0. The Kier molecular flexibility index (Phi) is 4.07. The third kappa shape index (κ3) is 1.98. The molecule has 1 aromatic rings. The van der Waals surface area contributed by atoms with Gasteiger partial charge in [0.05, 0.1) is 8.80 Å². The first-order chi connectivity index (χ1) is 7.45. The summed E-state index contributed by atoms with van der Waals surface area (Å²) in [6.45, 7) is 3.39. The number of rotatable bonds is 3. The third-order valence-electron chi connectivity index (χ3n) is 2.64. The van der Waals surface area contributed by atoms with E-state index in [1.165, 1.54) is 0 Å². The van der Waals surface area contributed by atoms with Crippen LogP contribution in [0.4, 0.5) is 22.0 Å². The summed E-state index contributed by atoms with van der Waals surface area (Å²) in [5, 5.41) is -0.568. The molecule has 0 aromatic heterocycles. The van der Waals surface area contributed by atoms with Crippen molar-refractivity contribution in [3.8, 4) is 0 Å². The van der Waals surface area contributed by atoms with Crippen LogP contribution in [0.25, 0.3) is 0 Å². The van der Waals surface area contributed by atoms with Gasteiger partial charge in [-0.15, -0.1) is 0 Å². The molecule has 90 valence electrons. The molecular formula is C10H11F5Si. The topological polar surface area (TPSA) is 0 Å². The highest BCUT2D eigenvalue weighted by molar-refractivity contribution is 6.73. The molecule has 0 unspecified atom stereocenters. The van der Waals surface area contributed by atoms with Crippen LogP contribution in [0.3, 0.4) is 0 Å². The van der Waals surface area contributed by atoms with Crippen molar-refractivity contribution in [2.75, 3.05) is 0 Å². The van der Waals surface area contributed by atoms with Crippen molar-refractivity contribution in [1.29, 1.82) is 0 Å². The molecule has 0 nitrogen and oxygen atoms in total. The van der Waals surface area contributed by atoms with E-state index in [1.54, 1.807) is 13.8 Å². The fourth-order valence-electron chi connectivity index (χ4n) is 1.68. The summed E-state index contributed by atoms with van der Waals surface area (Å²) in [5.74, 6) is -9.08. The fraction of sp³-hybridized carbons (Fsp3) is 0.400. The second kappa shape index (κ2) is 4.95. The highest BCUT2D eigenvalue weighted by atomic mass is 28.3. The summed E-state index contributed by atoms with van der Waals surface area (Å²) in [6, 6.07) is 0.906. The van der Waals surface area contributed by atoms with Crippen molar-refractivity contribution in [3.05, 3.63) is 29.1 Å². The number of halogens is 5. The molecule has 0 saturated heterocycles.